The summed E-state index contributed by atoms with van der Waals surface area (Å²) in [4.78, 5) is 38.4. The third kappa shape index (κ3) is 63.8. The van der Waals surface area contributed by atoms with Gasteiger partial charge in [0.2, 0.25) is 0 Å². The van der Waals surface area contributed by atoms with Gasteiger partial charge in [-0.1, -0.05) is 306 Å². The van der Waals surface area contributed by atoms with Crippen molar-refractivity contribution in [3.8, 4) is 0 Å². The van der Waals surface area contributed by atoms with Crippen LogP contribution >= 0.6 is 0 Å². The second-order valence-electron chi connectivity index (χ2n) is 22.7. The molecule has 0 spiro atoms. The molecule has 0 aromatic heterocycles. The summed E-state index contributed by atoms with van der Waals surface area (Å²) in [6.07, 6.45) is 83.7. The number of hydrogen-bond donors (Lipinski definition) is 0. The predicted molar refractivity (Wildman–Crippen MR) is 335 cm³/mol. The SMILES string of the molecule is CCCCC/C=C\C/C=C\CCCCCCCCCC(=O)OCC(COC(=O)CCCCCCCCCC/C=C\C/C=C\C/C=C\CCCCCCC)OC(=O)CCCCCCCCCCCCCCCCCCCCC. The summed E-state index contributed by atoms with van der Waals surface area (Å²) >= 11 is 0. The summed E-state index contributed by atoms with van der Waals surface area (Å²) in [5, 5.41) is 0. The lowest BCUT2D eigenvalue weighted by molar-refractivity contribution is -0.167. The highest BCUT2D eigenvalue weighted by atomic mass is 16.6. The Morgan fingerprint density at radius 2 is 0.468 bits per heavy atom. The molecule has 1 atom stereocenters. The van der Waals surface area contributed by atoms with E-state index in [1.807, 2.05) is 0 Å². The zero-order valence-electron chi connectivity index (χ0n) is 51.5. The van der Waals surface area contributed by atoms with Crippen molar-refractivity contribution in [3.63, 3.8) is 0 Å². The fourth-order valence-corrected chi connectivity index (χ4v) is 9.89. The summed E-state index contributed by atoms with van der Waals surface area (Å²) in [6, 6.07) is 0. The zero-order valence-corrected chi connectivity index (χ0v) is 51.5. The molecule has 0 saturated carbocycles. The van der Waals surface area contributed by atoms with Gasteiger partial charge in [0, 0.05) is 19.3 Å². The standard InChI is InChI=1S/C71H128O6/c1-4-7-10-13-16-19-22-25-28-31-33-34-35-36-38-40-43-46-49-52-55-58-61-64-70(73)76-67-68(66-75-69(72)63-60-57-54-51-48-45-42-39-30-27-24-21-18-15-12-9-6-3)77-71(74)65-62-59-56-53-50-47-44-41-37-32-29-26-23-20-17-14-11-8-5-2/h18,21-22,25,27,30-31,33,35-36,68H,4-17,19-20,23-24,26,28-29,32,34,37-67H2,1-3H3/b21-18-,25-22-,30-27-,33-31-,36-35-. The Bertz CT molecular complexity index is 1380. The number of carbonyl (C=O) groups is 3. The van der Waals surface area contributed by atoms with Crippen LogP contribution in [0.1, 0.15) is 355 Å². The van der Waals surface area contributed by atoms with Crippen molar-refractivity contribution in [3.05, 3.63) is 60.8 Å². The van der Waals surface area contributed by atoms with Gasteiger partial charge in [-0.25, -0.2) is 0 Å². The summed E-state index contributed by atoms with van der Waals surface area (Å²) < 4.78 is 17.0. The molecule has 0 aromatic carbocycles. The van der Waals surface area contributed by atoms with E-state index in [9.17, 15) is 14.4 Å². The van der Waals surface area contributed by atoms with E-state index in [0.717, 1.165) is 89.9 Å². The molecule has 0 saturated heterocycles. The monoisotopic (exact) mass is 1080 g/mol. The third-order valence-electron chi connectivity index (χ3n) is 15.0. The Morgan fingerprint density at radius 3 is 0.753 bits per heavy atom. The molecule has 6 nitrogen and oxygen atoms in total. The largest absolute Gasteiger partial charge is 0.462 e. The molecule has 1 unspecified atom stereocenters. The first-order valence-electron chi connectivity index (χ1n) is 33.8. The fourth-order valence-electron chi connectivity index (χ4n) is 9.89. The maximum absolute atomic E-state index is 12.9. The van der Waals surface area contributed by atoms with Gasteiger partial charge in [0.1, 0.15) is 13.2 Å². The number of esters is 3. The molecular weight excluding hydrogens is 949 g/mol. The van der Waals surface area contributed by atoms with E-state index < -0.39 is 6.10 Å². The van der Waals surface area contributed by atoms with Crippen LogP contribution < -0.4 is 0 Å². The molecule has 0 aromatic rings. The molecule has 0 bridgehead atoms. The average molecular weight is 1080 g/mol. The first-order chi connectivity index (χ1) is 38.0. The molecule has 0 amide bonds. The Balaban J connectivity index is 4.36. The molecule has 0 aliphatic rings. The van der Waals surface area contributed by atoms with Crippen LogP contribution in [0.25, 0.3) is 0 Å². The number of rotatable bonds is 62. The minimum atomic E-state index is -0.781. The molecule has 6 heteroatoms. The van der Waals surface area contributed by atoms with Crippen molar-refractivity contribution < 1.29 is 28.6 Å². The minimum absolute atomic E-state index is 0.0775. The summed E-state index contributed by atoms with van der Waals surface area (Å²) in [6.45, 7) is 6.65. The molecule has 0 aliphatic heterocycles. The maximum atomic E-state index is 12.9. The molecular formula is C71H128O6. The topological polar surface area (TPSA) is 78.9 Å². The number of carbonyl (C=O) groups excluding carboxylic acids is 3. The van der Waals surface area contributed by atoms with Gasteiger partial charge in [0.25, 0.3) is 0 Å². The smallest absolute Gasteiger partial charge is 0.306 e. The lowest BCUT2D eigenvalue weighted by Crippen LogP contribution is -2.30. The molecule has 77 heavy (non-hydrogen) atoms. The van der Waals surface area contributed by atoms with Crippen molar-refractivity contribution in [2.45, 2.75) is 361 Å². The average Bonchev–Trinajstić information content (AvgIpc) is 3.43. The molecule has 0 fully saturated rings. The van der Waals surface area contributed by atoms with Crippen LogP contribution in [0.2, 0.25) is 0 Å². The summed E-state index contributed by atoms with van der Waals surface area (Å²) in [7, 11) is 0. The van der Waals surface area contributed by atoms with Crippen molar-refractivity contribution in [1.29, 1.82) is 0 Å². The van der Waals surface area contributed by atoms with E-state index in [4.69, 9.17) is 14.2 Å². The van der Waals surface area contributed by atoms with Gasteiger partial charge in [0.05, 0.1) is 0 Å². The van der Waals surface area contributed by atoms with E-state index in [1.54, 1.807) is 0 Å². The summed E-state index contributed by atoms with van der Waals surface area (Å²) in [5.41, 5.74) is 0. The molecule has 0 heterocycles. The highest BCUT2D eigenvalue weighted by Gasteiger charge is 2.19. The zero-order chi connectivity index (χ0) is 55.7. The van der Waals surface area contributed by atoms with E-state index in [2.05, 4.69) is 81.5 Å². The van der Waals surface area contributed by atoms with Gasteiger partial charge in [-0.05, 0) is 89.9 Å². The van der Waals surface area contributed by atoms with Crippen molar-refractivity contribution in [2.75, 3.05) is 13.2 Å². The Hall–Kier alpha value is -2.89. The van der Waals surface area contributed by atoms with Crippen LogP contribution in [0.5, 0.6) is 0 Å². The van der Waals surface area contributed by atoms with Gasteiger partial charge in [0.15, 0.2) is 6.10 Å². The second kappa shape index (κ2) is 65.6. The van der Waals surface area contributed by atoms with Gasteiger partial charge in [-0.3, -0.25) is 14.4 Å². The quantitative estimate of drug-likeness (QED) is 0.0261. The fraction of sp³-hybridized carbons (Fsp3) is 0.817. The van der Waals surface area contributed by atoms with E-state index in [1.165, 1.54) is 225 Å². The van der Waals surface area contributed by atoms with Crippen LogP contribution in [0.3, 0.4) is 0 Å². The van der Waals surface area contributed by atoms with Gasteiger partial charge in [-0.2, -0.15) is 0 Å². The highest BCUT2D eigenvalue weighted by Crippen LogP contribution is 2.17. The van der Waals surface area contributed by atoms with Gasteiger partial charge in [-0.15, -0.1) is 0 Å². The molecule has 448 valence electrons. The van der Waals surface area contributed by atoms with Crippen LogP contribution in [0.15, 0.2) is 60.8 Å². The van der Waals surface area contributed by atoms with Gasteiger partial charge >= 0.3 is 17.9 Å². The first kappa shape index (κ1) is 74.1. The number of unbranched alkanes of at least 4 members (excludes halogenated alkanes) is 41. The second-order valence-corrected chi connectivity index (χ2v) is 22.7. The molecule has 0 radical (unpaired) electrons. The Kier molecular flexibility index (Phi) is 63.2. The van der Waals surface area contributed by atoms with Crippen molar-refractivity contribution >= 4 is 17.9 Å². The van der Waals surface area contributed by atoms with E-state index >= 15 is 0 Å². The van der Waals surface area contributed by atoms with Crippen molar-refractivity contribution in [1.82, 2.24) is 0 Å². The highest BCUT2D eigenvalue weighted by molar-refractivity contribution is 5.71. The van der Waals surface area contributed by atoms with Crippen LogP contribution in [0, 0.1) is 0 Å². The van der Waals surface area contributed by atoms with Crippen LogP contribution in [-0.2, 0) is 28.6 Å². The third-order valence-corrected chi connectivity index (χ3v) is 15.0. The van der Waals surface area contributed by atoms with Crippen LogP contribution in [0.4, 0.5) is 0 Å². The molecule has 0 rings (SSSR count). The van der Waals surface area contributed by atoms with Gasteiger partial charge < -0.3 is 14.2 Å². The van der Waals surface area contributed by atoms with Crippen molar-refractivity contribution in [2.24, 2.45) is 0 Å². The predicted octanol–water partition coefficient (Wildman–Crippen LogP) is 23.1. The number of ether oxygens (including phenoxy) is 3. The molecule has 0 N–H and O–H groups in total. The summed E-state index contributed by atoms with van der Waals surface area (Å²) in [5.74, 6) is -0.869. The Morgan fingerprint density at radius 1 is 0.260 bits per heavy atom. The Labute approximate surface area is 479 Å². The van der Waals surface area contributed by atoms with E-state index in [0.29, 0.717) is 19.3 Å². The first-order valence-corrected chi connectivity index (χ1v) is 33.8. The maximum Gasteiger partial charge on any atom is 0.306 e. The normalized spacial score (nSPS) is 12.4. The lowest BCUT2D eigenvalue weighted by Gasteiger charge is -2.18. The number of hydrogen-bond acceptors (Lipinski definition) is 6. The molecule has 0 aliphatic carbocycles. The van der Waals surface area contributed by atoms with Crippen LogP contribution in [-0.4, -0.2) is 37.2 Å². The lowest BCUT2D eigenvalue weighted by atomic mass is 10.0. The minimum Gasteiger partial charge on any atom is -0.462 e. The number of allylic oxidation sites excluding steroid dienone is 10. The van der Waals surface area contributed by atoms with E-state index in [-0.39, 0.29) is 31.1 Å².